The number of hydrogen-bond acceptors (Lipinski definition) is 5. The molecule has 1 heterocycles. The summed E-state index contributed by atoms with van der Waals surface area (Å²) in [5.41, 5.74) is 1.38. The van der Waals surface area contributed by atoms with Gasteiger partial charge in [0.05, 0.1) is 0 Å². The van der Waals surface area contributed by atoms with Crippen molar-refractivity contribution < 1.29 is 8.42 Å². The Balaban J connectivity index is 2.88. The lowest BCUT2D eigenvalue weighted by Crippen LogP contribution is -2.30. The average molecular weight is 207 g/mol. The molecule has 0 aliphatic carbocycles. The van der Waals surface area contributed by atoms with Gasteiger partial charge in [0.2, 0.25) is 4.34 Å². The highest BCUT2D eigenvalue weighted by molar-refractivity contribution is 7.91. The zero-order chi connectivity index (χ0) is 9.19. The molecule has 0 aliphatic heterocycles. The van der Waals surface area contributed by atoms with Gasteiger partial charge in [0.15, 0.2) is 0 Å². The van der Waals surface area contributed by atoms with Crippen molar-refractivity contribution >= 4 is 21.4 Å². The second kappa shape index (κ2) is 3.46. The molecule has 1 aromatic heterocycles. The molecule has 1 aromatic rings. The van der Waals surface area contributed by atoms with Gasteiger partial charge < -0.3 is 0 Å². The topological polar surface area (TPSA) is 72.0 Å². The first-order valence-electron chi connectivity index (χ1n) is 3.31. The molecule has 1 N–H and O–H groups in total. The molecule has 0 spiro atoms. The van der Waals surface area contributed by atoms with Crippen LogP contribution >= 0.6 is 11.3 Å². The smallest absolute Gasteiger partial charge is 0.207 e. The van der Waals surface area contributed by atoms with Crippen LogP contribution in [-0.4, -0.2) is 24.7 Å². The Labute approximate surface area is 74.9 Å². The molecule has 0 radical (unpaired) electrons. The molecular formula is C5H9N3O2S2. The van der Waals surface area contributed by atoms with E-state index in [1.807, 2.05) is 0 Å². The molecule has 0 saturated heterocycles. The molecule has 68 valence electrons. The van der Waals surface area contributed by atoms with Gasteiger partial charge in [-0.25, -0.2) is 13.1 Å². The molecular weight excluding hydrogens is 198 g/mol. The molecule has 0 aromatic carbocycles. The van der Waals surface area contributed by atoms with Crippen LogP contribution in [0.3, 0.4) is 0 Å². The van der Waals surface area contributed by atoms with Gasteiger partial charge in [0.1, 0.15) is 5.51 Å². The standard InChI is InChI=1S/C5H9N3O2S2/c1-4(2)8-12(9,10)5-7-6-3-11-5/h3-4,8H,1-2H3. The van der Waals surface area contributed by atoms with E-state index in [1.54, 1.807) is 13.8 Å². The second-order valence-corrected chi connectivity index (χ2v) is 5.20. The quantitative estimate of drug-likeness (QED) is 0.770. The van der Waals surface area contributed by atoms with Crippen molar-refractivity contribution in [2.75, 3.05) is 0 Å². The number of rotatable bonds is 3. The van der Waals surface area contributed by atoms with E-state index in [-0.39, 0.29) is 10.4 Å². The van der Waals surface area contributed by atoms with E-state index >= 15 is 0 Å². The van der Waals surface area contributed by atoms with Gasteiger partial charge in [-0.1, -0.05) is 11.3 Å². The predicted octanol–water partition coefficient (Wildman–Crippen LogP) is 0.225. The summed E-state index contributed by atoms with van der Waals surface area (Å²) in [5, 5.41) is 6.90. The molecule has 1 rings (SSSR count). The lowest BCUT2D eigenvalue weighted by Gasteiger charge is -2.05. The van der Waals surface area contributed by atoms with Gasteiger partial charge >= 0.3 is 0 Å². The molecule has 0 atom stereocenters. The maximum absolute atomic E-state index is 11.3. The van der Waals surface area contributed by atoms with E-state index in [4.69, 9.17) is 0 Å². The van der Waals surface area contributed by atoms with Crippen LogP contribution in [0.5, 0.6) is 0 Å². The molecule has 0 saturated carbocycles. The number of hydrogen-bond donors (Lipinski definition) is 1. The molecule has 5 nitrogen and oxygen atoms in total. The number of nitrogens with zero attached hydrogens (tertiary/aromatic N) is 2. The van der Waals surface area contributed by atoms with Gasteiger partial charge in [-0.15, -0.1) is 10.2 Å². The van der Waals surface area contributed by atoms with Crippen molar-refractivity contribution in [2.24, 2.45) is 0 Å². The number of sulfonamides is 1. The van der Waals surface area contributed by atoms with Gasteiger partial charge in [0, 0.05) is 6.04 Å². The lowest BCUT2D eigenvalue weighted by molar-refractivity contribution is 0.568. The van der Waals surface area contributed by atoms with Crippen LogP contribution < -0.4 is 4.72 Å². The van der Waals surface area contributed by atoms with Crippen molar-refractivity contribution in [2.45, 2.75) is 24.2 Å². The summed E-state index contributed by atoms with van der Waals surface area (Å²) in [6.07, 6.45) is 0. The van der Waals surface area contributed by atoms with Gasteiger partial charge in [-0.05, 0) is 13.8 Å². The number of aromatic nitrogens is 2. The second-order valence-electron chi connectivity index (χ2n) is 2.48. The third-order valence-electron chi connectivity index (χ3n) is 0.961. The molecule has 0 amide bonds. The minimum atomic E-state index is -3.42. The van der Waals surface area contributed by atoms with E-state index < -0.39 is 10.0 Å². The minimum Gasteiger partial charge on any atom is -0.207 e. The van der Waals surface area contributed by atoms with Crippen LogP contribution in [0.15, 0.2) is 9.85 Å². The van der Waals surface area contributed by atoms with Gasteiger partial charge in [-0.2, -0.15) is 0 Å². The van der Waals surface area contributed by atoms with Gasteiger partial charge in [0.25, 0.3) is 10.0 Å². The number of nitrogens with one attached hydrogen (secondary N) is 1. The Morgan fingerprint density at radius 1 is 1.58 bits per heavy atom. The summed E-state index contributed by atoms with van der Waals surface area (Å²) in [6, 6.07) is -0.126. The summed E-state index contributed by atoms with van der Waals surface area (Å²) in [7, 11) is -3.42. The highest BCUT2D eigenvalue weighted by Crippen LogP contribution is 2.09. The SMILES string of the molecule is CC(C)NS(=O)(=O)c1nncs1. The van der Waals surface area contributed by atoms with E-state index in [2.05, 4.69) is 14.9 Å². The van der Waals surface area contributed by atoms with E-state index in [0.29, 0.717) is 0 Å². The third-order valence-corrected chi connectivity index (χ3v) is 3.71. The van der Waals surface area contributed by atoms with Crippen molar-refractivity contribution in [1.29, 1.82) is 0 Å². The fourth-order valence-electron chi connectivity index (χ4n) is 0.641. The van der Waals surface area contributed by atoms with E-state index in [9.17, 15) is 8.42 Å². The summed E-state index contributed by atoms with van der Waals surface area (Å²) in [6.45, 7) is 3.50. The molecule has 0 aliphatic rings. The average Bonchev–Trinajstić information content (AvgIpc) is 2.32. The molecule has 0 unspecified atom stereocenters. The van der Waals surface area contributed by atoms with Crippen molar-refractivity contribution in [1.82, 2.24) is 14.9 Å². The lowest BCUT2D eigenvalue weighted by atomic mass is 10.4. The molecule has 7 heteroatoms. The monoisotopic (exact) mass is 207 g/mol. The first-order chi connectivity index (χ1) is 5.52. The highest BCUT2D eigenvalue weighted by Gasteiger charge is 2.18. The van der Waals surface area contributed by atoms with Crippen LogP contribution in [0.4, 0.5) is 0 Å². The van der Waals surface area contributed by atoms with Crippen LogP contribution in [-0.2, 0) is 10.0 Å². The Bertz CT molecular complexity index is 330. The molecule has 0 bridgehead atoms. The minimum absolute atomic E-state index is 0.0104. The van der Waals surface area contributed by atoms with Crippen LogP contribution in [0, 0.1) is 0 Å². The Kier molecular flexibility index (Phi) is 2.76. The van der Waals surface area contributed by atoms with Crippen LogP contribution in [0.25, 0.3) is 0 Å². The van der Waals surface area contributed by atoms with Crippen LogP contribution in [0.2, 0.25) is 0 Å². The Morgan fingerprint density at radius 3 is 2.67 bits per heavy atom. The summed E-state index contributed by atoms with van der Waals surface area (Å²) >= 11 is 0.999. The van der Waals surface area contributed by atoms with E-state index in [1.165, 1.54) is 5.51 Å². The largest absolute Gasteiger partial charge is 0.270 e. The third kappa shape index (κ3) is 2.23. The van der Waals surface area contributed by atoms with E-state index in [0.717, 1.165) is 11.3 Å². The summed E-state index contributed by atoms with van der Waals surface area (Å²) in [5.74, 6) is 0. The molecule has 0 fully saturated rings. The fourth-order valence-corrected chi connectivity index (χ4v) is 2.58. The summed E-state index contributed by atoms with van der Waals surface area (Å²) in [4.78, 5) is 0. The van der Waals surface area contributed by atoms with Gasteiger partial charge in [-0.3, -0.25) is 0 Å². The normalized spacial score (nSPS) is 12.2. The Hall–Kier alpha value is -0.530. The van der Waals surface area contributed by atoms with Crippen LogP contribution in [0.1, 0.15) is 13.8 Å². The first-order valence-corrected chi connectivity index (χ1v) is 5.67. The van der Waals surface area contributed by atoms with Crippen molar-refractivity contribution in [3.05, 3.63) is 5.51 Å². The Morgan fingerprint density at radius 2 is 2.25 bits per heavy atom. The zero-order valence-corrected chi connectivity index (χ0v) is 8.32. The van der Waals surface area contributed by atoms with Crippen molar-refractivity contribution in [3.63, 3.8) is 0 Å². The highest BCUT2D eigenvalue weighted by atomic mass is 32.2. The maximum atomic E-state index is 11.3. The first kappa shape index (κ1) is 9.56. The van der Waals surface area contributed by atoms with Crippen molar-refractivity contribution in [3.8, 4) is 0 Å². The zero-order valence-electron chi connectivity index (χ0n) is 6.68. The maximum Gasteiger partial charge on any atom is 0.270 e. The molecule has 12 heavy (non-hydrogen) atoms. The fraction of sp³-hybridized carbons (Fsp3) is 0.600. The summed E-state index contributed by atoms with van der Waals surface area (Å²) < 4.78 is 25.0. The predicted molar refractivity (Wildman–Crippen MR) is 45.4 cm³/mol.